The fraction of sp³-hybridized carbons (Fsp3) is 0.450. The third kappa shape index (κ3) is 10.5. The van der Waals surface area contributed by atoms with E-state index in [2.05, 4.69) is 10.6 Å². The summed E-state index contributed by atoms with van der Waals surface area (Å²) in [6.07, 6.45) is -2.86. The summed E-state index contributed by atoms with van der Waals surface area (Å²) in [6, 6.07) is 18.3. The van der Waals surface area contributed by atoms with E-state index in [1.165, 1.54) is 21.9 Å². The molecule has 0 saturated carbocycles. The van der Waals surface area contributed by atoms with E-state index in [-0.39, 0.29) is 31.7 Å². The lowest BCUT2D eigenvalue weighted by atomic mass is 10.1. The third-order valence-corrected chi connectivity index (χ3v) is 8.91. The lowest BCUT2D eigenvalue weighted by Crippen LogP contribution is -2.49. The van der Waals surface area contributed by atoms with E-state index in [0.717, 1.165) is 16.8 Å². The smallest absolute Gasteiger partial charge is 0.411 e. The number of hydrogen-bond donors (Lipinski definition) is 4. The molecule has 4 N–H and O–H groups in total. The first kappa shape index (κ1) is 40.0. The highest BCUT2D eigenvalue weighted by Gasteiger charge is 2.44. The topological polar surface area (TPSA) is 161 Å². The number of carbonyl (C=O) groups excluding carboxylic acids is 4. The van der Waals surface area contributed by atoms with Crippen molar-refractivity contribution in [1.82, 2.24) is 9.80 Å². The average Bonchev–Trinajstić information content (AvgIpc) is 3.67. The first-order valence-corrected chi connectivity index (χ1v) is 18.0. The van der Waals surface area contributed by atoms with Crippen LogP contribution in [0.3, 0.4) is 0 Å². The molecule has 4 amide bonds. The van der Waals surface area contributed by atoms with Crippen LogP contribution in [0.4, 0.5) is 31.0 Å². The Balaban J connectivity index is 1.24. The second-order valence-electron chi connectivity index (χ2n) is 15.7. The Bertz CT molecular complexity index is 1680. The number of halogens is 1. The van der Waals surface area contributed by atoms with Gasteiger partial charge in [-0.15, -0.1) is 0 Å². The van der Waals surface area contributed by atoms with Crippen molar-refractivity contribution in [3.63, 3.8) is 0 Å². The van der Waals surface area contributed by atoms with Crippen molar-refractivity contribution in [2.75, 3.05) is 28.6 Å². The van der Waals surface area contributed by atoms with Crippen LogP contribution in [0.15, 0.2) is 72.8 Å². The van der Waals surface area contributed by atoms with Gasteiger partial charge in [0.25, 0.3) is 0 Å². The number of aliphatic hydroxyl groups is 2. The van der Waals surface area contributed by atoms with Gasteiger partial charge in [0, 0.05) is 43.2 Å². The molecule has 0 radical (unpaired) electrons. The maximum absolute atomic E-state index is 13.9. The molecule has 14 heteroatoms. The van der Waals surface area contributed by atoms with Gasteiger partial charge < -0.3 is 35.2 Å². The average molecular weight is 748 g/mol. The van der Waals surface area contributed by atoms with Crippen molar-refractivity contribution in [2.24, 2.45) is 0 Å². The lowest BCUT2D eigenvalue weighted by Gasteiger charge is -2.29. The molecule has 0 spiro atoms. The number of carbonyl (C=O) groups is 4. The van der Waals surface area contributed by atoms with Crippen LogP contribution in [-0.4, -0.2) is 92.6 Å². The van der Waals surface area contributed by atoms with Crippen molar-refractivity contribution in [3.05, 3.63) is 89.7 Å². The predicted molar refractivity (Wildman–Crippen MR) is 201 cm³/mol. The Labute approximate surface area is 315 Å². The van der Waals surface area contributed by atoms with Crippen molar-refractivity contribution in [2.45, 2.75) is 103 Å². The van der Waals surface area contributed by atoms with Crippen molar-refractivity contribution in [1.29, 1.82) is 0 Å². The maximum Gasteiger partial charge on any atom is 0.411 e. The number of ether oxygens (including phenoxy) is 2. The summed E-state index contributed by atoms with van der Waals surface area (Å²) in [4.78, 5) is 56.4. The molecule has 2 saturated heterocycles. The van der Waals surface area contributed by atoms with E-state index < -0.39 is 59.5 Å². The highest BCUT2D eigenvalue weighted by atomic mass is 19.1. The predicted octanol–water partition coefficient (Wildman–Crippen LogP) is 5.65. The van der Waals surface area contributed by atoms with E-state index in [0.29, 0.717) is 24.5 Å². The van der Waals surface area contributed by atoms with Gasteiger partial charge in [-0.25, -0.2) is 14.0 Å². The molecule has 3 aromatic carbocycles. The molecule has 2 aliphatic rings. The summed E-state index contributed by atoms with van der Waals surface area (Å²) >= 11 is 0. The van der Waals surface area contributed by atoms with E-state index in [1.807, 2.05) is 29.2 Å². The molecule has 0 aliphatic carbocycles. The molecule has 5 rings (SSSR count). The summed E-state index contributed by atoms with van der Waals surface area (Å²) in [5, 5.41) is 26.7. The molecule has 0 aromatic heterocycles. The van der Waals surface area contributed by atoms with Crippen LogP contribution in [-0.2, 0) is 32.2 Å². The molecule has 4 unspecified atom stereocenters. The van der Waals surface area contributed by atoms with Crippen LogP contribution >= 0.6 is 0 Å². The number of hydrogen-bond acceptors (Lipinski definition) is 9. The Morgan fingerprint density at radius 1 is 0.667 bits per heavy atom. The molecule has 54 heavy (non-hydrogen) atoms. The fourth-order valence-corrected chi connectivity index (χ4v) is 6.39. The number of aliphatic hydroxyl groups excluding tert-OH is 2. The second-order valence-corrected chi connectivity index (χ2v) is 15.7. The fourth-order valence-electron chi connectivity index (χ4n) is 6.39. The number of nitrogens with one attached hydrogen (secondary N) is 2. The highest BCUT2D eigenvalue weighted by molar-refractivity contribution is 5.98. The van der Waals surface area contributed by atoms with Crippen molar-refractivity contribution < 1.29 is 43.3 Å². The van der Waals surface area contributed by atoms with E-state index >= 15 is 0 Å². The Kier molecular flexibility index (Phi) is 12.2. The minimum Gasteiger partial charge on any atom is -0.444 e. The standard InChI is InChI=1S/C40H50FN5O8/c1-39(2,3)53-37(51)45-21-19-31(47)33(45)35(49)42-28-13-7-25(8-14-28)23-44(30-17-11-27(41)12-18-30)24-26-9-15-29(16-10-26)43-36(50)34-32(48)20-22-46(34)38(52)54-40(4,5)6/h7-18,31-34,47-48H,19-24H2,1-6H3,(H,42,49)(H,43,50). The van der Waals surface area contributed by atoms with E-state index in [4.69, 9.17) is 9.47 Å². The number of anilines is 3. The highest BCUT2D eigenvalue weighted by Crippen LogP contribution is 2.27. The summed E-state index contributed by atoms with van der Waals surface area (Å²) < 4.78 is 24.7. The van der Waals surface area contributed by atoms with Gasteiger partial charge in [-0.05, 0) is 114 Å². The summed E-state index contributed by atoms with van der Waals surface area (Å²) in [5.41, 5.74) is 2.01. The summed E-state index contributed by atoms with van der Waals surface area (Å²) in [5.74, 6) is -1.41. The number of nitrogens with zero attached hydrogens (tertiary/aromatic N) is 3. The second kappa shape index (κ2) is 16.4. The quantitative estimate of drug-likeness (QED) is 0.217. The first-order chi connectivity index (χ1) is 25.4. The number of likely N-dealkylation sites (tertiary alicyclic amines) is 2. The number of rotatable bonds is 9. The summed E-state index contributed by atoms with van der Waals surface area (Å²) in [6.45, 7) is 11.6. The van der Waals surface area contributed by atoms with Gasteiger partial charge in [-0.1, -0.05) is 24.3 Å². The van der Waals surface area contributed by atoms with Gasteiger partial charge in [0.2, 0.25) is 11.8 Å². The molecule has 2 fully saturated rings. The lowest BCUT2D eigenvalue weighted by molar-refractivity contribution is -0.123. The van der Waals surface area contributed by atoms with Gasteiger partial charge in [-0.2, -0.15) is 0 Å². The van der Waals surface area contributed by atoms with Gasteiger partial charge in [-0.3, -0.25) is 19.4 Å². The van der Waals surface area contributed by atoms with Gasteiger partial charge >= 0.3 is 12.2 Å². The zero-order valence-electron chi connectivity index (χ0n) is 31.5. The monoisotopic (exact) mass is 747 g/mol. The van der Waals surface area contributed by atoms with Crippen LogP contribution in [0.1, 0.15) is 65.5 Å². The Hall–Kier alpha value is -5.21. The molecule has 13 nitrogen and oxygen atoms in total. The number of benzene rings is 3. The Morgan fingerprint density at radius 3 is 1.39 bits per heavy atom. The zero-order valence-corrected chi connectivity index (χ0v) is 31.5. The number of amides is 4. The van der Waals surface area contributed by atoms with Gasteiger partial charge in [0.05, 0.1) is 12.2 Å². The zero-order chi connectivity index (χ0) is 39.4. The molecule has 0 bridgehead atoms. The normalized spacial score (nSPS) is 20.0. The SMILES string of the molecule is CC(C)(C)OC(=O)N1CCC(O)C1C(=O)Nc1ccc(CN(Cc2ccc(NC(=O)C3C(O)CCN3C(=O)OC(C)(C)C)cc2)c2ccc(F)cc2)cc1. The van der Waals surface area contributed by atoms with Crippen molar-refractivity contribution >= 4 is 41.1 Å². The molecule has 290 valence electrons. The molecule has 4 atom stereocenters. The van der Waals surface area contributed by atoms with E-state index in [1.54, 1.807) is 77.9 Å². The third-order valence-electron chi connectivity index (χ3n) is 8.91. The minimum atomic E-state index is -1.09. The van der Waals surface area contributed by atoms with Crippen LogP contribution in [0, 0.1) is 5.82 Å². The van der Waals surface area contributed by atoms with E-state index in [9.17, 15) is 33.8 Å². The molecule has 2 heterocycles. The van der Waals surface area contributed by atoms with Crippen molar-refractivity contribution in [3.8, 4) is 0 Å². The molecular formula is C40H50FN5O8. The Morgan fingerprint density at radius 2 is 1.04 bits per heavy atom. The maximum atomic E-state index is 13.9. The molecular weight excluding hydrogens is 697 g/mol. The van der Waals surface area contributed by atoms with Crippen LogP contribution < -0.4 is 15.5 Å². The van der Waals surface area contributed by atoms with Crippen LogP contribution in [0.2, 0.25) is 0 Å². The minimum absolute atomic E-state index is 0.197. The summed E-state index contributed by atoms with van der Waals surface area (Å²) in [7, 11) is 0. The largest absolute Gasteiger partial charge is 0.444 e. The van der Waals surface area contributed by atoms with Gasteiger partial charge in [0.15, 0.2) is 0 Å². The van der Waals surface area contributed by atoms with Crippen LogP contribution in [0.5, 0.6) is 0 Å². The van der Waals surface area contributed by atoms with Gasteiger partial charge in [0.1, 0.15) is 29.1 Å². The molecule has 3 aromatic rings. The molecule has 2 aliphatic heterocycles. The van der Waals surface area contributed by atoms with Crippen LogP contribution in [0.25, 0.3) is 0 Å². The first-order valence-electron chi connectivity index (χ1n) is 18.0.